The third kappa shape index (κ3) is 5.90. The van der Waals surface area contributed by atoms with Crippen molar-refractivity contribution in [3.63, 3.8) is 0 Å². The average Bonchev–Trinajstić information content (AvgIpc) is 3.44. The van der Waals surface area contributed by atoms with Gasteiger partial charge in [0, 0.05) is 38.3 Å². The molecule has 1 aromatic carbocycles. The van der Waals surface area contributed by atoms with Crippen LogP contribution in [0.5, 0.6) is 5.75 Å². The minimum Gasteiger partial charge on any atom is -0.497 e. The van der Waals surface area contributed by atoms with Crippen molar-refractivity contribution in [1.82, 2.24) is 20.1 Å². The van der Waals surface area contributed by atoms with Crippen LogP contribution in [0.15, 0.2) is 24.3 Å². The SMILES string of the molecule is COc1ccc(-c2n[nH]c(=S)n2CCC(=O)NCCCOCC2CC2)cc1. The fourth-order valence-corrected chi connectivity index (χ4v) is 2.95. The highest BCUT2D eigenvalue weighted by molar-refractivity contribution is 7.71. The maximum atomic E-state index is 12.1. The molecule has 2 aromatic rings. The van der Waals surface area contributed by atoms with Crippen molar-refractivity contribution in [1.29, 1.82) is 0 Å². The number of carbonyl (C=O) groups is 1. The van der Waals surface area contributed by atoms with Crippen LogP contribution >= 0.6 is 12.2 Å². The molecule has 0 spiro atoms. The van der Waals surface area contributed by atoms with Crippen LogP contribution in [0.1, 0.15) is 25.7 Å². The number of methoxy groups -OCH3 is 1. The number of hydrogen-bond acceptors (Lipinski definition) is 5. The number of amides is 1. The topological polar surface area (TPSA) is 81.2 Å². The molecule has 1 heterocycles. The number of aromatic nitrogens is 3. The highest BCUT2D eigenvalue weighted by Crippen LogP contribution is 2.28. The molecule has 0 saturated heterocycles. The predicted octanol–water partition coefficient (Wildman–Crippen LogP) is 2.94. The van der Waals surface area contributed by atoms with E-state index in [-0.39, 0.29) is 5.91 Å². The number of H-pyrrole nitrogens is 1. The molecule has 0 unspecified atom stereocenters. The lowest BCUT2D eigenvalue weighted by molar-refractivity contribution is -0.121. The molecule has 2 N–H and O–H groups in total. The Morgan fingerprint density at radius 1 is 1.37 bits per heavy atom. The Kier molecular flexibility index (Phi) is 7.00. The lowest BCUT2D eigenvalue weighted by Gasteiger charge is -2.09. The lowest BCUT2D eigenvalue weighted by atomic mass is 10.2. The maximum absolute atomic E-state index is 12.1. The third-order valence-corrected chi connectivity index (χ3v) is 4.82. The number of nitrogens with one attached hydrogen (secondary N) is 2. The summed E-state index contributed by atoms with van der Waals surface area (Å²) >= 11 is 5.31. The minimum absolute atomic E-state index is 0.000902. The van der Waals surface area contributed by atoms with Gasteiger partial charge in [0.2, 0.25) is 5.91 Å². The van der Waals surface area contributed by atoms with E-state index in [0.29, 0.717) is 36.7 Å². The summed E-state index contributed by atoms with van der Waals surface area (Å²) < 4.78 is 13.1. The van der Waals surface area contributed by atoms with E-state index < -0.39 is 0 Å². The van der Waals surface area contributed by atoms with Gasteiger partial charge in [-0.1, -0.05) is 0 Å². The summed E-state index contributed by atoms with van der Waals surface area (Å²) in [5.41, 5.74) is 0.913. The van der Waals surface area contributed by atoms with Crippen LogP contribution in [0.4, 0.5) is 0 Å². The van der Waals surface area contributed by atoms with Crippen LogP contribution < -0.4 is 10.1 Å². The summed E-state index contributed by atoms with van der Waals surface area (Å²) in [4.78, 5) is 12.1. The summed E-state index contributed by atoms with van der Waals surface area (Å²) in [6.07, 6.45) is 3.78. The molecule has 3 rings (SSSR count). The number of carbonyl (C=O) groups excluding carboxylic acids is 1. The molecule has 27 heavy (non-hydrogen) atoms. The highest BCUT2D eigenvalue weighted by atomic mass is 32.1. The van der Waals surface area contributed by atoms with Crippen LogP contribution in [0, 0.1) is 10.7 Å². The number of nitrogens with zero attached hydrogens (tertiary/aromatic N) is 2. The first-order valence-electron chi connectivity index (χ1n) is 9.31. The van der Waals surface area contributed by atoms with E-state index in [9.17, 15) is 4.79 Å². The highest BCUT2D eigenvalue weighted by Gasteiger charge is 2.20. The zero-order valence-corrected chi connectivity index (χ0v) is 16.4. The molecule has 0 radical (unpaired) electrons. The standard InChI is InChI=1S/C19H26N4O3S/c1-25-16-7-5-15(6-8-16)18-21-22-19(27)23(18)11-9-17(24)20-10-2-12-26-13-14-3-4-14/h5-8,14H,2-4,9-13H2,1H3,(H,20,24)(H,22,27). The van der Waals surface area contributed by atoms with Gasteiger partial charge in [0.25, 0.3) is 0 Å². The zero-order valence-electron chi connectivity index (χ0n) is 15.6. The molecule has 0 aliphatic heterocycles. The van der Waals surface area contributed by atoms with Crippen molar-refractivity contribution in [2.45, 2.75) is 32.2 Å². The van der Waals surface area contributed by atoms with Crippen LogP contribution in [0.3, 0.4) is 0 Å². The second kappa shape index (κ2) is 9.66. The van der Waals surface area contributed by atoms with Gasteiger partial charge in [-0.3, -0.25) is 14.5 Å². The van der Waals surface area contributed by atoms with E-state index in [1.54, 1.807) is 7.11 Å². The van der Waals surface area contributed by atoms with Gasteiger partial charge in [0.1, 0.15) is 5.75 Å². The van der Waals surface area contributed by atoms with Crippen molar-refractivity contribution in [3.8, 4) is 17.1 Å². The van der Waals surface area contributed by atoms with Gasteiger partial charge in [-0.15, -0.1) is 0 Å². The van der Waals surface area contributed by atoms with E-state index in [1.165, 1.54) is 12.8 Å². The Hall–Kier alpha value is -2.19. The van der Waals surface area contributed by atoms with Crippen LogP contribution in [-0.2, 0) is 16.1 Å². The molecular formula is C19H26N4O3S. The fourth-order valence-electron chi connectivity index (χ4n) is 2.72. The molecule has 0 bridgehead atoms. The number of aromatic amines is 1. The van der Waals surface area contributed by atoms with Crippen LogP contribution in [-0.4, -0.2) is 47.5 Å². The van der Waals surface area contributed by atoms with Gasteiger partial charge >= 0.3 is 0 Å². The molecule has 1 fully saturated rings. The summed E-state index contributed by atoms with van der Waals surface area (Å²) in [5, 5.41) is 10.0. The molecule has 1 aliphatic carbocycles. The fraction of sp³-hybridized carbons (Fsp3) is 0.526. The second-order valence-corrected chi connectivity index (χ2v) is 7.09. The van der Waals surface area contributed by atoms with E-state index in [0.717, 1.165) is 30.3 Å². The first-order valence-corrected chi connectivity index (χ1v) is 9.72. The third-order valence-electron chi connectivity index (χ3n) is 4.51. The van der Waals surface area contributed by atoms with Gasteiger partial charge in [-0.05, 0) is 61.7 Å². The molecule has 1 aliphatic rings. The smallest absolute Gasteiger partial charge is 0.221 e. The maximum Gasteiger partial charge on any atom is 0.221 e. The zero-order chi connectivity index (χ0) is 19.1. The van der Waals surface area contributed by atoms with Crippen LogP contribution in [0.25, 0.3) is 11.4 Å². The number of benzene rings is 1. The van der Waals surface area contributed by atoms with Crippen molar-refractivity contribution < 1.29 is 14.3 Å². The van der Waals surface area contributed by atoms with E-state index >= 15 is 0 Å². The molecule has 7 nitrogen and oxygen atoms in total. The van der Waals surface area contributed by atoms with Gasteiger partial charge in [-0.25, -0.2) is 0 Å². The van der Waals surface area contributed by atoms with Crippen molar-refractivity contribution in [2.24, 2.45) is 5.92 Å². The molecule has 1 aromatic heterocycles. The van der Waals surface area contributed by atoms with E-state index in [4.69, 9.17) is 21.7 Å². The predicted molar refractivity (Wildman–Crippen MR) is 105 cm³/mol. The van der Waals surface area contributed by atoms with Crippen molar-refractivity contribution in [2.75, 3.05) is 26.9 Å². The Labute approximate surface area is 164 Å². The monoisotopic (exact) mass is 390 g/mol. The number of rotatable bonds is 11. The second-order valence-electron chi connectivity index (χ2n) is 6.70. The Morgan fingerprint density at radius 3 is 2.85 bits per heavy atom. The summed E-state index contributed by atoms with van der Waals surface area (Å²) in [7, 11) is 1.63. The molecule has 1 saturated carbocycles. The minimum atomic E-state index is 0.000902. The normalized spacial score (nSPS) is 13.5. The Morgan fingerprint density at radius 2 is 2.15 bits per heavy atom. The summed E-state index contributed by atoms with van der Waals surface area (Å²) in [6.45, 7) is 2.67. The number of ether oxygens (including phenoxy) is 2. The summed E-state index contributed by atoms with van der Waals surface area (Å²) in [6, 6.07) is 7.58. The molecule has 0 atom stereocenters. The first kappa shape index (κ1) is 19.6. The number of hydrogen-bond donors (Lipinski definition) is 2. The Balaban J connectivity index is 1.45. The summed E-state index contributed by atoms with van der Waals surface area (Å²) in [5.74, 6) is 2.27. The quantitative estimate of drug-likeness (QED) is 0.455. The van der Waals surface area contributed by atoms with Gasteiger partial charge in [-0.2, -0.15) is 5.10 Å². The molecule has 1 amide bonds. The van der Waals surface area contributed by atoms with E-state index in [2.05, 4.69) is 15.5 Å². The van der Waals surface area contributed by atoms with Gasteiger partial charge in [0.05, 0.1) is 7.11 Å². The lowest BCUT2D eigenvalue weighted by Crippen LogP contribution is -2.26. The van der Waals surface area contributed by atoms with Crippen molar-refractivity contribution >= 4 is 18.1 Å². The van der Waals surface area contributed by atoms with Gasteiger partial charge < -0.3 is 14.8 Å². The Bertz CT molecular complexity index is 796. The van der Waals surface area contributed by atoms with E-state index in [1.807, 2.05) is 28.8 Å². The van der Waals surface area contributed by atoms with Gasteiger partial charge in [0.15, 0.2) is 10.6 Å². The largest absolute Gasteiger partial charge is 0.497 e. The first-order chi connectivity index (χ1) is 13.2. The molecule has 8 heteroatoms. The molecule has 146 valence electrons. The van der Waals surface area contributed by atoms with Crippen LogP contribution in [0.2, 0.25) is 0 Å². The van der Waals surface area contributed by atoms with Crippen molar-refractivity contribution in [3.05, 3.63) is 29.0 Å². The average molecular weight is 391 g/mol. The molecular weight excluding hydrogens is 364 g/mol.